The number of thioether (sulfide) groups is 1. The third-order valence-electron chi connectivity index (χ3n) is 5.80. The molecule has 0 radical (unpaired) electrons. The number of carbonyl (C=O) groups is 1. The molecular weight excluding hydrogens is 460 g/mol. The molecule has 4 aromatic rings. The second-order valence-corrected chi connectivity index (χ2v) is 10.4. The third kappa shape index (κ3) is 3.91. The van der Waals surface area contributed by atoms with Gasteiger partial charge in [0.1, 0.15) is 4.83 Å². The average Bonchev–Trinajstić information content (AvgIpc) is 3.19. The van der Waals surface area contributed by atoms with E-state index < -0.39 is 0 Å². The summed E-state index contributed by atoms with van der Waals surface area (Å²) >= 11 is 9.31. The minimum atomic E-state index is -0.0796. The van der Waals surface area contributed by atoms with Crippen LogP contribution in [0.25, 0.3) is 15.9 Å². The summed E-state index contributed by atoms with van der Waals surface area (Å²) in [4.78, 5) is 33.4. The van der Waals surface area contributed by atoms with Crippen molar-refractivity contribution in [3.63, 3.8) is 0 Å². The minimum absolute atomic E-state index is 0.00362. The van der Waals surface area contributed by atoms with Crippen molar-refractivity contribution in [2.75, 3.05) is 5.75 Å². The summed E-state index contributed by atoms with van der Waals surface area (Å²) in [7, 11) is 0. The van der Waals surface area contributed by atoms with E-state index in [-0.39, 0.29) is 17.1 Å². The molecule has 2 aromatic heterocycles. The zero-order chi connectivity index (χ0) is 22.2. The van der Waals surface area contributed by atoms with E-state index >= 15 is 0 Å². The van der Waals surface area contributed by atoms with Crippen molar-refractivity contribution in [3.05, 3.63) is 85.5 Å². The number of fused-ring (bicyclic) bond motifs is 3. The third-order valence-corrected chi connectivity index (χ3v) is 8.33. The van der Waals surface area contributed by atoms with E-state index in [1.54, 1.807) is 34.1 Å². The topological polar surface area (TPSA) is 52.0 Å². The van der Waals surface area contributed by atoms with Gasteiger partial charge in [-0.1, -0.05) is 59.8 Å². The first kappa shape index (κ1) is 21.4. The van der Waals surface area contributed by atoms with Crippen LogP contribution in [0.15, 0.2) is 58.5 Å². The largest absolute Gasteiger partial charge is 0.293 e. The van der Waals surface area contributed by atoms with Gasteiger partial charge in [-0.15, -0.1) is 11.3 Å². The Morgan fingerprint density at radius 2 is 1.94 bits per heavy atom. The number of ketones is 1. The number of aromatic nitrogens is 2. The summed E-state index contributed by atoms with van der Waals surface area (Å²) in [5, 5.41) is 1.84. The number of nitrogens with zero attached hydrogens (tertiary/aromatic N) is 2. The number of hydrogen-bond acceptors (Lipinski definition) is 5. The first-order valence-electron chi connectivity index (χ1n) is 10.6. The van der Waals surface area contributed by atoms with Crippen molar-refractivity contribution < 1.29 is 4.79 Å². The highest BCUT2D eigenvalue weighted by atomic mass is 35.5. The van der Waals surface area contributed by atoms with Crippen LogP contribution in [-0.4, -0.2) is 21.1 Å². The Morgan fingerprint density at radius 3 is 2.72 bits per heavy atom. The molecule has 0 amide bonds. The number of benzene rings is 2. The summed E-state index contributed by atoms with van der Waals surface area (Å²) in [6.07, 6.45) is 4.16. The molecule has 2 heterocycles. The van der Waals surface area contributed by atoms with Gasteiger partial charge in [0.05, 0.1) is 16.8 Å². The Morgan fingerprint density at radius 1 is 1.16 bits per heavy atom. The highest BCUT2D eigenvalue weighted by molar-refractivity contribution is 7.99. The van der Waals surface area contributed by atoms with Crippen LogP contribution in [0.5, 0.6) is 0 Å². The number of carbonyl (C=O) groups excluding carboxylic acids is 1. The lowest BCUT2D eigenvalue weighted by atomic mass is 9.97. The number of hydrogen-bond donors (Lipinski definition) is 0. The van der Waals surface area contributed by atoms with E-state index in [1.165, 1.54) is 16.6 Å². The second-order valence-electron chi connectivity index (χ2n) is 7.94. The maximum atomic E-state index is 13.8. The monoisotopic (exact) mass is 480 g/mol. The van der Waals surface area contributed by atoms with E-state index in [2.05, 4.69) is 0 Å². The standard InChI is InChI=1S/C25H21ClN2O2S2/c1-15-11-12-17(13-19(15)26)28-24(30)22-18-9-5-6-10-21(18)32-23(22)27-25(28)31-14-20(29)16-7-3-2-4-8-16/h2-4,7-8,11-13H,5-6,9-10,14H2,1H3. The predicted molar refractivity (Wildman–Crippen MR) is 133 cm³/mol. The van der Waals surface area contributed by atoms with Crippen LogP contribution in [0.2, 0.25) is 5.02 Å². The van der Waals surface area contributed by atoms with Crippen molar-refractivity contribution in [2.45, 2.75) is 37.8 Å². The Kier molecular flexibility index (Phi) is 5.93. The SMILES string of the molecule is Cc1ccc(-n2c(SCC(=O)c3ccccc3)nc3sc4c(c3c2=O)CCCC4)cc1Cl. The van der Waals surface area contributed by atoms with Crippen LogP contribution in [0.1, 0.15) is 39.2 Å². The van der Waals surface area contributed by atoms with Gasteiger partial charge in [0.25, 0.3) is 5.56 Å². The number of thiophene rings is 1. The van der Waals surface area contributed by atoms with Gasteiger partial charge in [-0.2, -0.15) is 0 Å². The lowest BCUT2D eigenvalue weighted by molar-refractivity contribution is 0.102. The molecule has 0 saturated heterocycles. The van der Waals surface area contributed by atoms with Gasteiger partial charge in [-0.25, -0.2) is 4.98 Å². The Balaban J connectivity index is 1.64. The van der Waals surface area contributed by atoms with Crippen molar-refractivity contribution in [2.24, 2.45) is 0 Å². The Bertz CT molecular complexity index is 1390. The second kappa shape index (κ2) is 8.85. The van der Waals surface area contributed by atoms with E-state index in [0.29, 0.717) is 21.4 Å². The molecule has 0 spiro atoms. The smallest absolute Gasteiger partial charge is 0.267 e. The van der Waals surface area contributed by atoms with Crippen molar-refractivity contribution in [1.29, 1.82) is 0 Å². The first-order chi connectivity index (χ1) is 15.5. The lowest BCUT2D eigenvalue weighted by Crippen LogP contribution is -2.22. The molecule has 5 rings (SSSR count). The molecule has 0 aliphatic heterocycles. The van der Waals surface area contributed by atoms with E-state index in [1.807, 2.05) is 37.3 Å². The van der Waals surface area contributed by atoms with E-state index in [9.17, 15) is 9.59 Å². The maximum Gasteiger partial charge on any atom is 0.267 e. The molecule has 7 heteroatoms. The molecule has 0 N–H and O–H groups in total. The minimum Gasteiger partial charge on any atom is -0.293 e. The maximum absolute atomic E-state index is 13.8. The molecule has 2 aromatic carbocycles. The number of halogens is 1. The van der Waals surface area contributed by atoms with Crippen LogP contribution < -0.4 is 5.56 Å². The predicted octanol–water partition coefficient (Wildman–Crippen LogP) is 6.26. The van der Waals surface area contributed by atoms with Crippen LogP contribution in [-0.2, 0) is 12.8 Å². The molecule has 4 nitrogen and oxygen atoms in total. The molecule has 162 valence electrons. The summed E-state index contributed by atoms with van der Waals surface area (Å²) in [6, 6.07) is 14.8. The van der Waals surface area contributed by atoms with Crippen LogP contribution >= 0.6 is 34.7 Å². The Labute approximate surface area is 199 Å². The summed E-state index contributed by atoms with van der Waals surface area (Å²) in [5.74, 6) is 0.205. The first-order valence-corrected chi connectivity index (χ1v) is 12.8. The molecule has 0 saturated carbocycles. The van der Waals surface area contributed by atoms with Gasteiger partial charge >= 0.3 is 0 Å². The van der Waals surface area contributed by atoms with Crippen LogP contribution in [0.4, 0.5) is 0 Å². The molecule has 1 aliphatic carbocycles. The Hall–Kier alpha value is -2.41. The molecule has 0 bridgehead atoms. The molecule has 0 atom stereocenters. The van der Waals surface area contributed by atoms with Gasteiger partial charge in [-0.3, -0.25) is 14.2 Å². The van der Waals surface area contributed by atoms with Gasteiger partial charge in [-0.05, 0) is 55.9 Å². The van der Waals surface area contributed by atoms with Gasteiger partial charge in [0.15, 0.2) is 10.9 Å². The molecule has 0 fully saturated rings. The zero-order valence-corrected chi connectivity index (χ0v) is 19.9. The zero-order valence-electron chi connectivity index (χ0n) is 17.6. The number of Topliss-reactive ketones (excluding diaryl/α,β-unsaturated/α-hetero) is 1. The summed E-state index contributed by atoms with van der Waals surface area (Å²) < 4.78 is 1.62. The van der Waals surface area contributed by atoms with Gasteiger partial charge in [0.2, 0.25) is 0 Å². The summed E-state index contributed by atoms with van der Waals surface area (Å²) in [5.41, 5.74) is 3.34. The lowest BCUT2D eigenvalue weighted by Gasteiger charge is -2.14. The summed E-state index contributed by atoms with van der Waals surface area (Å²) in [6.45, 7) is 1.93. The molecule has 0 unspecified atom stereocenters. The number of rotatable bonds is 5. The fourth-order valence-electron chi connectivity index (χ4n) is 4.07. The van der Waals surface area contributed by atoms with Crippen LogP contribution in [0, 0.1) is 6.92 Å². The normalized spacial score (nSPS) is 13.3. The quantitative estimate of drug-likeness (QED) is 0.192. The molecule has 32 heavy (non-hydrogen) atoms. The van der Waals surface area contributed by atoms with Crippen molar-refractivity contribution in [3.8, 4) is 5.69 Å². The van der Waals surface area contributed by atoms with Crippen molar-refractivity contribution in [1.82, 2.24) is 9.55 Å². The fraction of sp³-hybridized carbons (Fsp3) is 0.240. The average molecular weight is 481 g/mol. The van der Waals surface area contributed by atoms with Gasteiger partial charge in [0, 0.05) is 15.5 Å². The van der Waals surface area contributed by atoms with Crippen LogP contribution in [0.3, 0.4) is 0 Å². The highest BCUT2D eigenvalue weighted by Crippen LogP contribution is 2.35. The molecular formula is C25H21ClN2O2S2. The van der Waals surface area contributed by atoms with E-state index in [0.717, 1.165) is 47.0 Å². The van der Waals surface area contributed by atoms with E-state index in [4.69, 9.17) is 16.6 Å². The van der Waals surface area contributed by atoms with Gasteiger partial charge < -0.3 is 0 Å². The highest BCUT2D eigenvalue weighted by Gasteiger charge is 2.23. The number of aryl methyl sites for hydroxylation is 3. The van der Waals surface area contributed by atoms with Crippen molar-refractivity contribution >= 4 is 50.7 Å². The molecule has 1 aliphatic rings. The fourth-order valence-corrected chi connectivity index (χ4v) is 6.45.